The van der Waals surface area contributed by atoms with Gasteiger partial charge in [-0.05, 0) is 51.1 Å². The zero-order valence-electron chi connectivity index (χ0n) is 18.9. The standard InChI is InChI=1S/C22H29N2O7PS/c1-4-29-32(33,30-5-2)14-17-11-19(24-12-15(3)20(25)23-22(24)27)31-18(17)13-28-21(26)16-9-7-6-8-10-16/h6-10,12,17-19H,4-5,11,13-14H2,1-3H3,(H,23,25,27)/t17-,18-,19-/m1/s1. The summed E-state index contributed by atoms with van der Waals surface area (Å²) in [7, 11) is 0. The van der Waals surface area contributed by atoms with Gasteiger partial charge in [0, 0.05) is 23.8 Å². The van der Waals surface area contributed by atoms with Crippen LogP contribution in [0.4, 0.5) is 0 Å². The maximum absolute atomic E-state index is 12.5. The lowest BCUT2D eigenvalue weighted by molar-refractivity contribution is -0.0402. The molecule has 2 heterocycles. The molecule has 1 aromatic heterocycles. The fourth-order valence-corrected chi connectivity index (χ4v) is 7.00. The molecule has 0 radical (unpaired) electrons. The number of hydrogen-bond donors (Lipinski definition) is 1. The fourth-order valence-electron chi connectivity index (χ4n) is 3.76. The van der Waals surface area contributed by atoms with Gasteiger partial charge in [-0.3, -0.25) is 14.3 Å². The van der Waals surface area contributed by atoms with Gasteiger partial charge in [-0.25, -0.2) is 9.59 Å². The van der Waals surface area contributed by atoms with E-state index in [0.717, 1.165) is 0 Å². The Morgan fingerprint density at radius 1 is 1.21 bits per heavy atom. The van der Waals surface area contributed by atoms with Gasteiger partial charge in [0.15, 0.2) is 6.49 Å². The first-order valence-electron chi connectivity index (χ1n) is 10.8. The van der Waals surface area contributed by atoms with Crippen molar-refractivity contribution in [2.45, 2.75) is 39.5 Å². The molecular formula is C22H29N2O7PS. The summed E-state index contributed by atoms with van der Waals surface area (Å²) in [5.41, 5.74) is -0.181. The highest BCUT2D eigenvalue weighted by atomic mass is 32.5. The maximum Gasteiger partial charge on any atom is 0.338 e. The van der Waals surface area contributed by atoms with E-state index >= 15 is 0 Å². The molecule has 33 heavy (non-hydrogen) atoms. The molecule has 3 rings (SSSR count). The lowest BCUT2D eigenvalue weighted by Crippen LogP contribution is -2.33. The third-order valence-electron chi connectivity index (χ3n) is 5.32. The average molecular weight is 497 g/mol. The maximum atomic E-state index is 12.5. The van der Waals surface area contributed by atoms with Crippen molar-refractivity contribution in [1.29, 1.82) is 0 Å². The Labute approximate surface area is 197 Å². The van der Waals surface area contributed by atoms with Crippen molar-refractivity contribution in [3.8, 4) is 0 Å². The van der Waals surface area contributed by atoms with Gasteiger partial charge in [-0.15, -0.1) is 0 Å². The van der Waals surface area contributed by atoms with Gasteiger partial charge in [0.25, 0.3) is 5.56 Å². The summed E-state index contributed by atoms with van der Waals surface area (Å²) >= 11 is 5.71. The predicted molar refractivity (Wildman–Crippen MR) is 127 cm³/mol. The van der Waals surface area contributed by atoms with Crippen LogP contribution in [-0.2, 0) is 30.3 Å². The molecule has 1 saturated heterocycles. The second-order valence-corrected chi connectivity index (χ2v) is 11.5. The number of ether oxygens (including phenoxy) is 2. The number of aryl methyl sites for hydroxylation is 1. The van der Waals surface area contributed by atoms with Crippen LogP contribution in [0.15, 0.2) is 46.1 Å². The summed E-state index contributed by atoms with van der Waals surface area (Å²) in [4.78, 5) is 38.9. The first kappa shape index (κ1) is 25.5. The normalized spacial score (nSPS) is 20.6. The Morgan fingerprint density at radius 3 is 2.52 bits per heavy atom. The lowest BCUT2D eigenvalue weighted by atomic mass is 10.0. The van der Waals surface area contributed by atoms with Crippen LogP contribution in [0.2, 0.25) is 0 Å². The molecule has 0 aliphatic carbocycles. The van der Waals surface area contributed by atoms with Crippen LogP contribution in [0.5, 0.6) is 0 Å². The molecule has 1 aliphatic heterocycles. The highest BCUT2D eigenvalue weighted by molar-refractivity contribution is 8.09. The lowest BCUT2D eigenvalue weighted by Gasteiger charge is -2.26. The van der Waals surface area contributed by atoms with Crippen molar-refractivity contribution in [1.82, 2.24) is 9.55 Å². The number of benzene rings is 1. The number of nitrogens with zero attached hydrogens (tertiary/aromatic N) is 1. The van der Waals surface area contributed by atoms with Gasteiger partial charge in [0.1, 0.15) is 12.8 Å². The molecule has 180 valence electrons. The van der Waals surface area contributed by atoms with E-state index in [-0.39, 0.29) is 12.5 Å². The molecular weight excluding hydrogens is 467 g/mol. The van der Waals surface area contributed by atoms with Crippen molar-refractivity contribution in [2.75, 3.05) is 26.0 Å². The van der Waals surface area contributed by atoms with Gasteiger partial charge in [-0.2, -0.15) is 0 Å². The predicted octanol–water partition coefficient (Wildman–Crippen LogP) is 2.99. The minimum absolute atomic E-state index is 0.0143. The van der Waals surface area contributed by atoms with Crippen molar-refractivity contribution in [3.63, 3.8) is 0 Å². The number of rotatable bonds is 10. The van der Waals surface area contributed by atoms with Crippen LogP contribution in [0, 0.1) is 12.8 Å². The molecule has 2 aromatic rings. The zero-order valence-corrected chi connectivity index (χ0v) is 20.6. The van der Waals surface area contributed by atoms with Gasteiger partial charge in [0.05, 0.1) is 24.9 Å². The van der Waals surface area contributed by atoms with Gasteiger partial charge < -0.3 is 18.5 Å². The SMILES string of the molecule is CCOP(=S)(C[C@H]1C[C@H](n2cc(C)c(=O)[nH]c2=O)O[C@@H]1COC(=O)c1ccccc1)OCC. The molecule has 0 saturated carbocycles. The van der Waals surface area contributed by atoms with Crippen molar-refractivity contribution < 1.29 is 23.3 Å². The minimum Gasteiger partial charge on any atom is -0.459 e. The summed E-state index contributed by atoms with van der Waals surface area (Å²) in [6.45, 7) is 3.56. The summed E-state index contributed by atoms with van der Waals surface area (Å²) in [5.74, 6) is -0.644. The molecule has 1 aliphatic rings. The smallest absolute Gasteiger partial charge is 0.338 e. The third kappa shape index (κ3) is 6.49. The van der Waals surface area contributed by atoms with E-state index in [1.54, 1.807) is 31.2 Å². The molecule has 1 aromatic carbocycles. The van der Waals surface area contributed by atoms with Crippen LogP contribution in [0.25, 0.3) is 0 Å². The highest BCUT2D eigenvalue weighted by Gasteiger charge is 2.41. The second-order valence-electron chi connectivity index (χ2n) is 7.70. The average Bonchev–Trinajstić information content (AvgIpc) is 3.17. The molecule has 0 unspecified atom stereocenters. The topological polar surface area (TPSA) is 109 Å². The monoisotopic (exact) mass is 496 g/mol. The molecule has 1 fully saturated rings. The summed E-state index contributed by atoms with van der Waals surface area (Å²) in [5, 5.41) is 0. The van der Waals surface area contributed by atoms with Crippen LogP contribution in [-0.4, -0.2) is 47.6 Å². The van der Waals surface area contributed by atoms with Crippen LogP contribution < -0.4 is 11.2 Å². The first-order chi connectivity index (χ1) is 15.8. The minimum atomic E-state index is -2.59. The highest BCUT2D eigenvalue weighted by Crippen LogP contribution is 2.53. The molecule has 1 N–H and O–H groups in total. The van der Waals surface area contributed by atoms with Gasteiger partial charge in [0.2, 0.25) is 0 Å². The fraction of sp³-hybridized carbons (Fsp3) is 0.500. The van der Waals surface area contributed by atoms with Crippen molar-refractivity contribution >= 4 is 24.3 Å². The Morgan fingerprint density at radius 2 is 1.88 bits per heavy atom. The number of carbonyl (C=O) groups excluding carboxylic acids is 1. The number of aromatic nitrogens is 2. The Bertz CT molecular complexity index is 1110. The number of aromatic amines is 1. The van der Waals surface area contributed by atoms with E-state index in [2.05, 4.69) is 4.98 Å². The number of H-pyrrole nitrogens is 1. The van der Waals surface area contributed by atoms with Gasteiger partial charge in [-0.1, -0.05) is 18.2 Å². The third-order valence-corrected chi connectivity index (χ3v) is 8.62. The van der Waals surface area contributed by atoms with Crippen LogP contribution in [0.3, 0.4) is 0 Å². The second kappa shape index (κ2) is 11.4. The molecule has 11 heteroatoms. The van der Waals surface area contributed by atoms with E-state index in [0.29, 0.717) is 36.9 Å². The van der Waals surface area contributed by atoms with Crippen LogP contribution >= 0.6 is 6.49 Å². The molecule has 9 nitrogen and oxygen atoms in total. The largest absolute Gasteiger partial charge is 0.459 e. The molecule has 0 amide bonds. The van der Waals surface area contributed by atoms with E-state index < -0.39 is 36.0 Å². The molecule has 0 bridgehead atoms. The van der Waals surface area contributed by atoms with Gasteiger partial charge >= 0.3 is 11.7 Å². The summed E-state index contributed by atoms with van der Waals surface area (Å²) in [6.07, 6.45) is 1.14. The van der Waals surface area contributed by atoms with E-state index in [9.17, 15) is 14.4 Å². The molecule has 3 atom stereocenters. The van der Waals surface area contributed by atoms with Crippen LogP contribution in [0.1, 0.15) is 42.4 Å². The summed E-state index contributed by atoms with van der Waals surface area (Å²) < 4.78 is 24.6. The van der Waals surface area contributed by atoms with Crippen molar-refractivity contribution in [3.05, 3.63) is 68.5 Å². The zero-order chi connectivity index (χ0) is 24.0. The van der Waals surface area contributed by atoms with Crippen molar-refractivity contribution in [2.24, 2.45) is 5.92 Å². The van der Waals surface area contributed by atoms with E-state index in [1.165, 1.54) is 10.8 Å². The van der Waals surface area contributed by atoms with E-state index in [4.69, 9.17) is 30.3 Å². The number of nitrogens with one attached hydrogen (secondary N) is 1. The number of carbonyl (C=O) groups is 1. The Hall–Kier alpha value is -2.10. The Balaban J connectivity index is 1.82. The molecule has 0 spiro atoms. The number of esters is 1. The quantitative estimate of drug-likeness (QED) is 0.395. The summed E-state index contributed by atoms with van der Waals surface area (Å²) in [6, 6.07) is 8.67. The first-order valence-corrected chi connectivity index (χ1v) is 13.7. The van der Waals surface area contributed by atoms with E-state index in [1.807, 2.05) is 19.9 Å². The Kier molecular flexibility index (Phi) is 8.78. The number of hydrogen-bond acceptors (Lipinski definition) is 8.